The van der Waals surface area contributed by atoms with Crippen LogP contribution in [0.2, 0.25) is 0 Å². The number of anilines is 1. The number of benzene rings is 1. The fourth-order valence-corrected chi connectivity index (χ4v) is 2.02. The third-order valence-corrected chi connectivity index (χ3v) is 2.99. The van der Waals surface area contributed by atoms with Gasteiger partial charge in [0.1, 0.15) is 0 Å². The summed E-state index contributed by atoms with van der Waals surface area (Å²) < 4.78 is 1.07. The van der Waals surface area contributed by atoms with Crippen molar-refractivity contribution in [2.75, 3.05) is 5.32 Å². The third kappa shape index (κ3) is 2.07. The number of rotatable bonds is 2. The molecule has 1 saturated carbocycles. The van der Waals surface area contributed by atoms with Crippen LogP contribution in [0.5, 0.6) is 0 Å². The van der Waals surface area contributed by atoms with Crippen LogP contribution in [0.15, 0.2) is 22.7 Å². The van der Waals surface area contributed by atoms with Gasteiger partial charge in [-0.2, -0.15) is 0 Å². The minimum Gasteiger partial charge on any atom is -0.465 e. The third-order valence-electron chi connectivity index (χ3n) is 2.26. The van der Waals surface area contributed by atoms with Crippen molar-refractivity contribution in [3.05, 3.63) is 28.2 Å². The van der Waals surface area contributed by atoms with E-state index in [2.05, 4.69) is 21.2 Å². The Morgan fingerprint density at radius 3 is 2.79 bits per heavy atom. The molecule has 0 bridgehead atoms. The highest BCUT2D eigenvalue weighted by atomic mass is 79.9. The molecule has 1 aromatic carbocycles. The molecule has 0 radical (unpaired) electrons. The number of carboxylic acid groups (broad SMARTS) is 1. The highest BCUT2D eigenvalue weighted by molar-refractivity contribution is 9.10. The van der Waals surface area contributed by atoms with Crippen LogP contribution in [-0.2, 0) is 0 Å². The molecule has 0 spiro atoms. The van der Waals surface area contributed by atoms with Gasteiger partial charge in [-0.1, -0.05) is 15.9 Å². The second kappa shape index (κ2) is 3.61. The van der Waals surface area contributed by atoms with E-state index < -0.39 is 6.09 Å². The van der Waals surface area contributed by atoms with Gasteiger partial charge in [-0.25, -0.2) is 4.79 Å². The maximum atomic E-state index is 10.4. The van der Waals surface area contributed by atoms with Gasteiger partial charge < -0.3 is 5.11 Å². The normalized spacial score (nSPS) is 15.2. The van der Waals surface area contributed by atoms with Gasteiger partial charge in [0.15, 0.2) is 0 Å². The summed E-state index contributed by atoms with van der Waals surface area (Å²) >= 11 is 3.46. The van der Waals surface area contributed by atoms with Crippen LogP contribution in [0.3, 0.4) is 0 Å². The number of nitrogens with one attached hydrogen (secondary N) is 1. The van der Waals surface area contributed by atoms with E-state index in [-0.39, 0.29) is 0 Å². The standard InChI is InChI=1S/C10H10BrNO2/c11-9-4-3-7(12-10(13)14)5-8(9)6-1-2-6/h3-6,12H,1-2H2,(H,13,14). The molecule has 1 aliphatic rings. The molecule has 1 aliphatic carbocycles. The smallest absolute Gasteiger partial charge is 0.409 e. The van der Waals surface area contributed by atoms with Crippen LogP contribution < -0.4 is 5.32 Å². The lowest BCUT2D eigenvalue weighted by Gasteiger charge is -2.06. The second-order valence-electron chi connectivity index (χ2n) is 3.44. The lowest BCUT2D eigenvalue weighted by molar-refractivity contribution is 0.210. The lowest BCUT2D eigenvalue weighted by Crippen LogP contribution is -2.07. The molecule has 0 saturated heterocycles. The molecule has 3 nitrogen and oxygen atoms in total. The fourth-order valence-electron chi connectivity index (χ4n) is 1.45. The molecule has 74 valence electrons. The molecule has 1 fully saturated rings. The van der Waals surface area contributed by atoms with Crippen molar-refractivity contribution >= 4 is 27.7 Å². The largest absolute Gasteiger partial charge is 0.465 e. The van der Waals surface area contributed by atoms with Crippen LogP contribution in [0.4, 0.5) is 10.5 Å². The fraction of sp³-hybridized carbons (Fsp3) is 0.300. The van der Waals surface area contributed by atoms with Crippen molar-refractivity contribution in [3.8, 4) is 0 Å². The first kappa shape index (κ1) is 9.52. The SMILES string of the molecule is O=C(O)Nc1ccc(Br)c(C2CC2)c1. The Morgan fingerprint density at radius 2 is 2.21 bits per heavy atom. The summed E-state index contributed by atoms with van der Waals surface area (Å²) in [6.45, 7) is 0. The van der Waals surface area contributed by atoms with Gasteiger partial charge in [0.25, 0.3) is 0 Å². The molecule has 0 aliphatic heterocycles. The zero-order chi connectivity index (χ0) is 10.1. The Balaban J connectivity index is 2.26. The van der Waals surface area contributed by atoms with Crippen molar-refractivity contribution in [3.63, 3.8) is 0 Å². The Morgan fingerprint density at radius 1 is 1.50 bits per heavy atom. The molecule has 0 unspecified atom stereocenters. The van der Waals surface area contributed by atoms with E-state index in [0.717, 1.165) is 4.47 Å². The zero-order valence-electron chi connectivity index (χ0n) is 7.46. The van der Waals surface area contributed by atoms with Crippen LogP contribution in [0.1, 0.15) is 24.3 Å². The molecule has 2 N–H and O–H groups in total. The van der Waals surface area contributed by atoms with Crippen LogP contribution in [0, 0.1) is 0 Å². The van der Waals surface area contributed by atoms with Crippen molar-refractivity contribution in [1.82, 2.24) is 0 Å². The molecule has 14 heavy (non-hydrogen) atoms. The highest BCUT2D eigenvalue weighted by Crippen LogP contribution is 2.44. The first-order chi connectivity index (χ1) is 6.66. The summed E-state index contributed by atoms with van der Waals surface area (Å²) in [5.41, 5.74) is 1.85. The molecule has 4 heteroatoms. The maximum Gasteiger partial charge on any atom is 0.409 e. The van der Waals surface area contributed by atoms with Gasteiger partial charge >= 0.3 is 6.09 Å². The number of halogens is 1. The summed E-state index contributed by atoms with van der Waals surface area (Å²) in [7, 11) is 0. The van der Waals surface area contributed by atoms with Gasteiger partial charge in [0.05, 0.1) is 0 Å². The van der Waals surface area contributed by atoms with Gasteiger partial charge in [-0.15, -0.1) is 0 Å². The first-order valence-electron chi connectivity index (χ1n) is 4.46. The van der Waals surface area contributed by atoms with E-state index in [1.54, 1.807) is 6.07 Å². The number of hydrogen-bond acceptors (Lipinski definition) is 1. The van der Waals surface area contributed by atoms with Crippen LogP contribution >= 0.6 is 15.9 Å². The molecule has 2 rings (SSSR count). The molecule has 0 heterocycles. The summed E-state index contributed by atoms with van der Waals surface area (Å²) in [4.78, 5) is 10.4. The Labute approximate surface area is 90.3 Å². The van der Waals surface area contributed by atoms with E-state index in [4.69, 9.17) is 5.11 Å². The Kier molecular flexibility index (Phi) is 2.46. The Hall–Kier alpha value is -1.03. The van der Waals surface area contributed by atoms with E-state index >= 15 is 0 Å². The van der Waals surface area contributed by atoms with E-state index in [0.29, 0.717) is 11.6 Å². The molecular weight excluding hydrogens is 246 g/mol. The summed E-state index contributed by atoms with van der Waals surface area (Å²) in [5, 5.41) is 10.9. The molecule has 0 aromatic heterocycles. The lowest BCUT2D eigenvalue weighted by atomic mass is 10.1. The van der Waals surface area contributed by atoms with Crippen LogP contribution in [-0.4, -0.2) is 11.2 Å². The van der Waals surface area contributed by atoms with Gasteiger partial charge in [-0.3, -0.25) is 5.32 Å². The van der Waals surface area contributed by atoms with Gasteiger partial charge in [-0.05, 0) is 42.5 Å². The average Bonchev–Trinajstić information content (AvgIpc) is 2.90. The predicted octanol–water partition coefficient (Wildman–Crippen LogP) is 3.42. The summed E-state index contributed by atoms with van der Waals surface area (Å²) in [5.74, 6) is 0.611. The van der Waals surface area contributed by atoms with Crippen molar-refractivity contribution in [2.45, 2.75) is 18.8 Å². The Bertz CT molecular complexity index is 374. The zero-order valence-corrected chi connectivity index (χ0v) is 9.04. The van der Waals surface area contributed by atoms with Crippen molar-refractivity contribution in [2.24, 2.45) is 0 Å². The van der Waals surface area contributed by atoms with E-state index in [1.165, 1.54) is 18.4 Å². The first-order valence-corrected chi connectivity index (χ1v) is 5.25. The van der Waals surface area contributed by atoms with Gasteiger partial charge in [0.2, 0.25) is 0 Å². The van der Waals surface area contributed by atoms with Gasteiger partial charge in [0, 0.05) is 10.2 Å². The quantitative estimate of drug-likeness (QED) is 0.851. The molecule has 1 aromatic rings. The van der Waals surface area contributed by atoms with E-state index in [1.807, 2.05) is 12.1 Å². The molecule has 0 atom stereocenters. The minimum absolute atomic E-state index is 0.611. The van der Waals surface area contributed by atoms with Crippen molar-refractivity contribution in [1.29, 1.82) is 0 Å². The van der Waals surface area contributed by atoms with E-state index in [9.17, 15) is 4.79 Å². The number of amides is 1. The second-order valence-corrected chi connectivity index (χ2v) is 4.30. The average molecular weight is 256 g/mol. The maximum absolute atomic E-state index is 10.4. The van der Waals surface area contributed by atoms with Crippen molar-refractivity contribution < 1.29 is 9.90 Å². The predicted molar refractivity (Wildman–Crippen MR) is 57.8 cm³/mol. The molecular formula is C10H10BrNO2. The summed E-state index contributed by atoms with van der Waals surface area (Å²) in [6.07, 6.45) is 1.39. The summed E-state index contributed by atoms with van der Waals surface area (Å²) in [6, 6.07) is 5.54. The minimum atomic E-state index is -1.02. The number of carbonyl (C=O) groups is 1. The highest BCUT2D eigenvalue weighted by Gasteiger charge is 2.25. The number of hydrogen-bond donors (Lipinski definition) is 2. The van der Waals surface area contributed by atoms with Crippen LogP contribution in [0.25, 0.3) is 0 Å². The molecule has 1 amide bonds. The monoisotopic (exact) mass is 255 g/mol. The topological polar surface area (TPSA) is 49.3 Å².